The lowest BCUT2D eigenvalue weighted by atomic mass is 10.1. The number of nitrogens with zero attached hydrogens (tertiary/aromatic N) is 3. The predicted molar refractivity (Wildman–Crippen MR) is 98.2 cm³/mol. The third kappa shape index (κ3) is 5.11. The van der Waals surface area contributed by atoms with Gasteiger partial charge in [0.1, 0.15) is 0 Å². The second-order valence-corrected chi connectivity index (χ2v) is 8.75. The van der Waals surface area contributed by atoms with Crippen LogP contribution in [0.4, 0.5) is 14.7 Å². The highest BCUT2D eigenvalue weighted by molar-refractivity contribution is 9.10. The van der Waals surface area contributed by atoms with Crippen LogP contribution in [0.3, 0.4) is 0 Å². The van der Waals surface area contributed by atoms with Crippen LogP contribution >= 0.6 is 15.9 Å². The molecule has 0 spiro atoms. The number of halogens is 3. The Bertz CT molecular complexity index is 875. The summed E-state index contributed by atoms with van der Waals surface area (Å²) < 4.78 is 56.0. The zero-order valence-corrected chi connectivity index (χ0v) is 16.5. The van der Waals surface area contributed by atoms with Crippen LogP contribution in [0.2, 0.25) is 0 Å². The number of anilines is 1. The summed E-state index contributed by atoms with van der Waals surface area (Å²) in [5, 5.41) is 3.09. The van der Waals surface area contributed by atoms with E-state index in [1.807, 2.05) is 0 Å². The fourth-order valence-corrected chi connectivity index (χ4v) is 4.82. The topological polar surface area (TPSA) is 84.4 Å². The second-order valence-electron chi connectivity index (χ2n) is 5.90. The van der Waals surface area contributed by atoms with Crippen molar-refractivity contribution in [3.63, 3.8) is 0 Å². The van der Waals surface area contributed by atoms with E-state index in [-0.39, 0.29) is 22.6 Å². The first-order valence-corrected chi connectivity index (χ1v) is 10.4. The number of ether oxygens (including phenoxy) is 1. The van der Waals surface area contributed by atoms with Gasteiger partial charge in [0.2, 0.25) is 16.0 Å². The van der Waals surface area contributed by atoms with Gasteiger partial charge < -0.3 is 10.1 Å². The van der Waals surface area contributed by atoms with Gasteiger partial charge in [0, 0.05) is 23.6 Å². The molecule has 27 heavy (non-hydrogen) atoms. The number of rotatable bonds is 6. The Morgan fingerprint density at radius 2 is 1.89 bits per heavy atom. The van der Waals surface area contributed by atoms with Crippen molar-refractivity contribution in [1.29, 1.82) is 0 Å². The summed E-state index contributed by atoms with van der Waals surface area (Å²) in [7, 11) is -3.54. The van der Waals surface area contributed by atoms with Crippen LogP contribution in [0, 0.1) is 0 Å². The molecule has 3 rings (SSSR count). The average molecular weight is 463 g/mol. The molecule has 1 saturated heterocycles. The minimum absolute atomic E-state index is 0.0131. The first kappa shape index (κ1) is 19.9. The number of piperidine rings is 1. The molecule has 0 radical (unpaired) electrons. The molecular formula is C16H17BrF2N4O3S. The minimum atomic E-state index is -3.54. The summed E-state index contributed by atoms with van der Waals surface area (Å²) in [4.78, 5) is 8.12. The molecule has 0 atom stereocenters. The maximum absolute atomic E-state index is 12.7. The van der Waals surface area contributed by atoms with E-state index in [0.717, 1.165) is 12.4 Å². The molecule has 1 aromatic heterocycles. The van der Waals surface area contributed by atoms with Crippen molar-refractivity contribution in [2.45, 2.75) is 30.4 Å². The molecule has 1 aliphatic rings. The summed E-state index contributed by atoms with van der Waals surface area (Å²) in [6.07, 6.45) is 3.47. The van der Waals surface area contributed by atoms with Crippen molar-refractivity contribution in [1.82, 2.24) is 14.3 Å². The smallest absolute Gasteiger partial charge is 0.387 e. The van der Waals surface area contributed by atoms with E-state index in [1.54, 1.807) is 24.3 Å². The Hall–Kier alpha value is -1.85. The molecule has 0 aliphatic carbocycles. The quantitative estimate of drug-likeness (QED) is 0.709. The van der Waals surface area contributed by atoms with E-state index in [2.05, 4.69) is 36.0 Å². The van der Waals surface area contributed by atoms with E-state index in [4.69, 9.17) is 0 Å². The molecule has 7 nitrogen and oxygen atoms in total. The van der Waals surface area contributed by atoms with E-state index in [0.29, 0.717) is 30.4 Å². The van der Waals surface area contributed by atoms with Gasteiger partial charge in [-0.3, -0.25) is 0 Å². The summed E-state index contributed by atoms with van der Waals surface area (Å²) in [6, 6.07) is 6.59. The van der Waals surface area contributed by atoms with Crippen molar-refractivity contribution in [2.24, 2.45) is 0 Å². The van der Waals surface area contributed by atoms with Gasteiger partial charge in [-0.1, -0.05) is 22.0 Å². The van der Waals surface area contributed by atoms with Gasteiger partial charge in [-0.15, -0.1) is 0 Å². The lowest BCUT2D eigenvalue weighted by molar-refractivity contribution is -0.0503. The fraction of sp³-hybridized carbons (Fsp3) is 0.375. The summed E-state index contributed by atoms with van der Waals surface area (Å²) >= 11 is 3.29. The number of aromatic nitrogens is 2. The van der Waals surface area contributed by atoms with Crippen LogP contribution in [0.1, 0.15) is 12.8 Å². The van der Waals surface area contributed by atoms with E-state index >= 15 is 0 Å². The monoisotopic (exact) mass is 462 g/mol. The maximum Gasteiger partial charge on any atom is 0.387 e. The SMILES string of the molecule is O=S(=O)(c1cccc(Br)c1)N1CCC(Nc2ncc(OC(F)F)cn2)CC1. The first-order valence-electron chi connectivity index (χ1n) is 8.14. The third-order valence-electron chi connectivity index (χ3n) is 4.07. The van der Waals surface area contributed by atoms with Crippen LogP contribution in [0.25, 0.3) is 0 Å². The summed E-state index contributed by atoms with van der Waals surface area (Å²) in [5.41, 5.74) is 0. The Kier molecular flexibility index (Phi) is 6.22. The number of hydrogen-bond acceptors (Lipinski definition) is 6. The zero-order chi connectivity index (χ0) is 19.4. The summed E-state index contributed by atoms with van der Waals surface area (Å²) in [6.45, 7) is -2.21. The molecule has 1 aromatic carbocycles. The van der Waals surface area contributed by atoms with Gasteiger partial charge in [0.05, 0.1) is 17.3 Å². The van der Waals surface area contributed by atoms with E-state index in [1.165, 1.54) is 4.31 Å². The normalized spacial score (nSPS) is 16.4. The minimum Gasteiger partial charge on any atom is -0.432 e. The number of sulfonamides is 1. The van der Waals surface area contributed by atoms with Gasteiger partial charge in [0.25, 0.3) is 0 Å². The highest BCUT2D eigenvalue weighted by Crippen LogP contribution is 2.24. The molecule has 1 fully saturated rings. The van der Waals surface area contributed by atoms with Crippen LogP contribution in [-0.4, -0.2) is 48.4 Å². The van der Waals surface area contributed by atoms with Crippen molar-refractivity contribution >= 4 is 31.9 Å². The molecule has 1 aliphatic heterocycles. The molecule has 11 heteroatoms. The molecule has 0 saturated carbocycles. The maximum atomic E-state index is 12.7. The Labute approximate surface area is 163 Å². The molecular weight excluding hydrogens is 446 g/mol. The Morgan fingerprint density at radius 3 is 2.48 bits per heavy atom. The van der Waals surface area contributed by atoms with E-state index < -0.39 is 16.6 Å². The lowest BCUT2D eigenvalue weighted by Gasteiger charge is -2.31. The fourth-order valence-electron chi connectivity index (χ4n) is 2.75. The van der Waals surface area contributed by atoms with E-state index in [9.17, 15) is 17.2 Å². The second kappa shape index (κ2) is 8.44. The largest absolute Gasteiger partial charge is 0.432 e. The summed E-state index contributed by atoms with van der Waals surface area (Å²) in [5.74, 6) is 0.162. The molecule has 146 valence electrons. The number of alkyl halides is 2. The van der Waals surface area contributed by atoms with Gasteiger partial charge in [-0.25, -0.2) is 18.4 Å². The van der Waals surface area contributed by atoms with Crippen molar-refractivity contribution in [3.8, 4) is 5.75 Å². The number of nitrogens with one attached hydrogen (secondary N) is 1. The molecule has 2 heterocycles. The van der Waals surface area contributed by atoms with Gasteiger partial charge in [-0.2, -0.15) is 13.1 Å². The Morgan fingerprint density at radius 1 is 1.22 bits per heavy atom. The van der Waals surface area contributed by atoms with Crippen molar-refractivity contribution < 1.29 is 21.9 Å². The van der Waals surface area contributed by atoms with Crippen molar-refractivity contribution in [2.75, 3.05) is 18.4 Å². The van der Waals surface area contributed by atoms with Gasteiger partial charge >= 0.3 is 6.61 Å². The predicted octanol–water partition coefficient (Wildman–Crippen LogP) is 3.11. The molecule has 0 amide bonds. The van der Waals surface area contributed by atoms with Crippen LogP contribution in [0.15, 0.2) is 46.0 Å². The highest BCUT2D eigenvalue weighted by atomic mass is 79.9. The van der Waals surface area contributed by atoms with Crippen molar-refractivity contribution in [3.05, 3.63) is 41.1 Å². The standard InChI is InChI=1S/C16H17BrF2N4O3S/c17-11-2-1-3-14(8-11)27(24,25)23-6-4-12(5-7-23)22-16-20-9-13(10-21-16)26-15(18)19/h1-3,8-10,12,15H,4-7H2,(H,20,21,22). The Balaban J connectivity index is 1.57. The number of benzene rings is 1. The third-order valence-corrected chi connectivity index (χ3v) is 6.46. The molecule has 1 N–H and O–H groups in total. The molecule has 0 bridgehead atoms. The lowest BCUT2D eigenvalue weighted by Crippen LogP contribution is -2.42. The van der Waals surface area contributed by atoms with Crippen LogP contribution in [-0.2, 0) is 10.0 Å². The highest BCUT2D eigenvalue weighted by Gasteiger charge is 2.29. The number of hydrogen-bond donors (Lipinski definition) is 1. The van der Waals surface area contributed by atoms with Gasteiger partial charge in [-0.05, 0) is 31.0 Å². The molecule has 2 aromatic rings. The first-order chi connectivity index (χ1) is 12.8. The zero-order valence-electron chi connectivity index (χ0n) is 14.1. The van der Waals surface area contributed by atoms with Gasteiger partial charge in [0.15, 0.2) is 5.75 Å². The van der Waals surface area contributed by atoms with Crippen LogP contribution in [0.5, 0.6) is 5.75 Å². The average Bonchev–Trinajstić information content (AvgIpc) is 2.63. The molecule has 0 unspecified atom stereocenters. The van der Waals surface area contributed by atoms with Crippen LogP contribution < -0.4 is 10.1 Å².